The SMILES string of the molecule is CC1(O)CCC(n2cc(-c3cc4c(-c5ccnc(NC(=O)c6ccc(C7CC7)cc6F)c5CO)ccnc4[nH]3)cn2)CC1. The molecule has 2 aliphatic carbocycles. The zero-order valence-corrected chi connectivity index (χ0v) is 23.8. The van der Waals surface area contributed by atoms with Crippen molar-refractivity contribution in [3.05, 3.63) is 83.7 Å². The maximum atomic E-state index is 14.8. The minimum Gasteiger partial charge on any atom is -0.392 e. The summed E-state index contributed by atoms with van der Waals surface area (Å²) in [5, 5.41) is 28.9. The number of rotatable bonds is 7. The first-order valence-corrected chi connectivity index (χ1v) is 14.7. The van der Waals surface area contributed by atoms with Gasteiger partial charge in [-0.05, 0) is 98.4 Å². The average molecular weight is 581 g/mol. The van der Waals surface area contributed by atoms with Gasteiger partial charge in [0.2, 0.25) is 0 Å². The van der Waals surface area contributed by atoms with Gasteiger partial charge in [0.1, 0.15) is 17.3 Å². The number of H-pyrrole nitrogens is 1. The number of aromatic amines is 1. The number of aliphatic hydroxyl groups is 2. The summed E-state index contributed by atoms with van der Waals surface area (Å²) in [4.78, 5) is 25.3. The van der Waals surface area contributed by atoms with Crippen LogP contribution >= 0.6 is 0 Å². The van der Waals surface area contributed by atoms with Crippen molar-refractivity contribution in [3.63, 3.8) is 0 Å². The number of nitrogens with one attached hydrogen (secondary N) is 2. The zero-order chi connectivity index (χ0) is 29.7. The van der Waals surface area contributed by atoms with Crippen molar-refractivity contribution in [1.82, 2.24) is 24.7 Å². The fourth-order valence-electron chi connectivity index (χ4n) is 6.16. The predicted molar refractivity (Wildman–Crippen MR) is 161 cm³/mol. The third-order valence-electron chi connectivity index (χ3n) is 8.87. The van der Waals surface area contributed by atoms with Crippen LogP contribution in [0, 0.1) is 5.82 Å². The molecule has 1 aromatic carbocycles. The highest BCUT2D eigenvalue weighted by Gasteiger charge is 2.30. The smallest absolute Gasteiger partial charge is 0.259 e. The molecule has 5 aromatic rings. The third kappa shape index (κ3) is 5.32. The summed E-state index contributed by atoms with van der Waals surface area (Å²) >= 11 is 0. The lowest BCUT2D eigenvalue weighted by Gasteiger charge is -2.33. The number of hydrogen-bond donors (Lipinski definition) is 4. The van der Waals surface area contributed by atoms with Crippen molar-refractivity contribution in [3.8, 4) is 22.4 Å². The van der Waals surface area contributed by atoms with Crippen LogP contribution in [0.25, 0.3) is 33.4 Å². The summed E-state index contributed by atoms with van der Waals surface area (Å²) in [7, 11) is 0. The van der Waals surface area contributed by atoms with Gasteiger partial charge >= 0.3 is 0 Å². The van der Waals surface area contributed by atoms with Crippen molar-refractivity contribution >= 4 is 22.8 Å². The highest BCUT2D eigenvalue weighted by atomic mass is 19.1. The maximum Gasteiger partial charge on any atom is 0.259 e. The summed E-state index contributed by atoms with van der Waals surface area (Å²) in [5.74, 6) is -0.646. The molecule has 0 saturated heterocycles. The first-order valence-electron chi connectivity index (χ1n) is 14.7. The number of fused-ring (bicyclic) bond motifs is 1. The highest BCUT2D eigenvalue weighted by Crippen LogP contribution is 2.41. The molecule has 4 N–H and O–H groups in total. The molecule has 2 saturated carbocycles. The number of carbonyl (C=O) groups is 1. The molecule has 43 heavy (non-hydrogen) atoms. The van der Waals surface area contributed by atoms with Gasteiger partial charge in [0.05, 0.1) is 35.7 Å². The molecule has 0 atom stereocenters. The molecule has 4 heterocycles. The Hall–Kier alpha value is -4.41. The minimum absolute atomic E-state index is 0.0683. The number of pyridine rings is 2. The molecule has 2 fully saturated rings. The van der Waals surface area contributed by atoms with E-state index in [1.807, 2.05) is 36.1 Å². The van der Waals surface area contributed by atoms with Crippen LogP contribution in [0.5, 0.6) is 0 Å². The Labute approximate surface area is 247 Å². The second-order valence-electron chi connectivity index (χ2n) is 12.1. The van der Waals surface area contributed by atoms with Gasteiger partial charge < -0.3 is 20.5 Å². The van der Waals surface area contributed by atoms with Crippen LogP contribution in [0.15, 0.2) is 61.2 Å². The summed E-state index contributed by atoms with van der Waals surface area (Å²) in [6.07, 6.45) is 12.4. The minimum atomic E-state index is -0.624. The Morgan fingerprint density at radius 1 is 1.09 bits per heavy atom. The molecule has 9 nitrogen and oxygen atoms in total. The molecule has 1 amide bonds. The van der Waals surface area contributed by atoms with Gasteiger partial charge in [-0.15, -0.1) is 0 Å². The summed E-state index contributed by atoms with van der Waals surface area (Å²) in [6.45, 7) is 1.51. The van der Waals surface area contributed by atoms with E-state index in [1.165, 1.54) is 12.1 Å². The van der Waals surface area contributed by atoms with E-state index in [1.54, 1.807) is 24.5 Å². The molecular formula is C33H33FN6O3. The number of aromatic nitrogens is 5. The van der Waals surface area contributed by atoms with Crippen LogP contribution in [-0.2, 0) is 6.61 Å². The van der Waals surface area contributed by atoms with Gasteiger partial charge in [-0.1, -0.05) is 6.07 Å². The number of aliphatic hydroxyl groups excluding tert-OH is 1. The van der Waals surface area contributed by atoms with Gasteiger partial charge in [-0.25, -0.2) is 14.4 Å². The number of benzene rings is 1. The second-order valence-corrected chi connectivity index (χ2v) is 12.1. The van der Waals surface area contributed by atoms with E-state index in [-0.39, 0.29) is 24.0 Å². The molecule has 0 radical (unpaired) electrons. The van der Waals surface area contributed by atoms with E-state index in [9.17, 15) is 19.4 Å². The monoisotopic (exact) mass is 580 g/mol. The van der Waals surface area contributed by atoms with Gasteiger partial charge in [-0.2, -0.15) is 5.10 Å². The van der Waals surface area contributed by atoms with Crippen LogP contribution in [-0.4, -0.2) is 46.5 Å². The summed E-state index contributed by atoms with van der Waals surface area (Å²) in [5.41, 5.74) is 4.57. The Morgan fingerprint density at radius 2 is 1.86 bits per heavy atom. The molecule has 0 unspecified atom stereocenters. The van der Waals surface area contributed by atoms with E-state index < -0.39 is 17.3 Å². The van der Waals surface area contributed by atoms with Crippen molar-refractivity contribution in [2.24, 2.45) is 0 Å². The molecule has 0 bridgehead atoms. The van der Waals surface area contributed by atoms with Crippen LogP contribution in [0.4, 0.5) is 10.2 Å². The van der Waals surface area contributed by atoms with E-state index in [4.69, 9.17) is 0 Å². The number of anilines is 1. The molecule has 4 aromatic heterocycles. The maximum absolute atomic E-state index is 14.8. The number of nitrogens with zero attached hydrogens (tertiary/aromatic N) is 4. The Morgan fingerprint density at radius 3 is 2.60 bits per heavy atom. The fourth-order valence-corrected chi connectivity index (χ4v) is 6.16. The largest absolute Gasteiger partial charge is 0.392 e. The third-order valence-corrected chi connectivity index (χ3v) is 8.87. The van der Waals surface area contributed by atoms with Crippen molar-refractivity contribution in [1.29, 1.82) is 0 Å². The van der Waals surface area contributed by atoms with E-state index in [0.717, 1.165) is 66.3 Å². The lowest BCUT2D eigenvalue weighted by molar-refractivity contribution is 0.00851. The van der Waals surface area contributed by atoms with Crippen LogP contribution in [0.2, 0.25) is 0 Å². The second kappa shape index (κ2) is 10.7. The van der Waals surface area contributed by atoms with Crippen LogP contribution < -0.4 is 5.32 Å². The Bertz CT molecular complexity index is 1830. The molecule has 0 spiro atoms. The van der Waals surface area contributed by atoms with Gasteiger partial charge in [-0.3, -0.25) is 9.48 Å². The molecule has 10 heteroatoms. The van der Waals surface area contributed by atoms with Crippen molar-refractivity contribution in [2.75, 3.05) is 5.32 Å². The molecule has 0 aliphatic heterocycles. The van der Waals surface area contributed by atoms with Crippen molar-refractivity contribution in [2.45, 2.75) is 69.6 Å². The van der Waals surface area contributed by atoms with Gasteiger partial charge in [0, 0.05) is 35.1 Å². The van der Waals surface area contributed by atoms with Crippen molar-refractivity contribution < 1.29 is 19.4 Å². The number of amides is 1. The van der Waals surface area contributed by atoms with Crippen LogP contribution in [0.3, 0.4) is 0 Å². The normalized spacial score (nSPS) is 20.4. The predicted octanol–water partition coefficient (Wildman–Crippen LogP) is 6.12. The lowest BCUT2D eigenvalue weighted by atomic mass is 9.84. The first kappa shape index (κ1) is 27.4. The lowest BCUT2D eigenvalue weighted by Crippen LogP contribution is -2.31. The van der Waals surface area contributed by atoms with Gasteiger partial charge in [0.25, 0.3) is 5.91 Å². The number of halogens is 1. The quantitative estimate of drug-likeness (QED) is 0.184. The first-order chi connectivity index (χ1) is 20.8. The highest BCUT2D eigenvalue weighted by molar-refractivity contribution is 6.05. The van der Waals surface area contributed by atoms with E-state index >= 15 is 0 Å². The van der Waals surface area contributed by atoms with Crippen LogP contribution in [0.1, 0.15) is 78.9 Å². The summed E-state index contributed by atoms with van der Waals surface area (Å²) < 4.78 is 16.8. The average Bonchev–Trinajstić information content (AvgIpc) is 3.56. The standard InChI is InChI=1S/C33H33FN6O3/c1-33(43)10-6-22(7-11-33)40-17-21(16-37-40)29-15-26-23(8-12-35-30(26)38-29)24-9-13-36-31(27(24)18-41)39-32(42)25-5-4-20(14-28(25)34)19-2-3-19/h4-5,8-9,12-17,19,22,41,43H,2-3,6-7,10-11,18H2,1H3,(H,35,38)(H,36,39,42). The zero-order valence-electron chi connectivity index (χ0n) is 23.8. The van der Waals surface area contributed by atoms with E-state index in [2.05, 4.69) is 25.4 Å². The molecular weight excluding hydrogens is 547 g/mol. The summed E-state index contributed by atoms with van der Waals surface area (Å²) in [6, 6.07) is 10.6. The fraction of sp³-hybridized carbons (Fsp3) is 0.333. The number of hydrogen-bond acceptors (Lipinski definition) is 6. The van der Waals surface area contributed by atoms with E-state index in [0.29, 0.717) is 22.7 Å². The molecule has 7 rings (SSSR count). The van der Waals surface area contributed by atoms with Gasteiger partial charge in [0.15, 0.2) is 0 Å². The molecule has 2 aliphatic rings. The topological polar surface area (TPSA) is 129 Å². The Kier molecular flexibility index (Phi) is 6.82. The number of carbonyl (C=O) groups excluding carboxylic acids is 1. The molecule has 220 valence electrons. The Balaban J connectivity index is 1.18.